The molecule has 1 saturated heterocycles. The number of hydrogen-bond acceptors (Lipinski definition) is 3. The van der Waals surface area contributed by atoms with Gasteiger partial charge in [-0.05, 0) is 47.4 Å². The van der Waals surface area contributed by atoms with Gasteiger partial charge in [-0.2, -0.15) is 24.5 Å². The summed E-state index contributed by atoms with van der Waals surface area (Å²) >= 11 is 3.16. The molecule has 1 aliphatic rings. The molecular weight excluding hydrogens is 367 g/mol. The Kier molecular flexibility index (Phi) is 5.74. The predicted octanol–water partition coefficient (Wildman–Crippen LogP) is 5.45. The van der Waals surface area contributed by atoms with E-state index in [1.54, 1.807) is 35.2 Å². The van der Waals surface area contributed by atoms with Gasteiger partial charge >= 0.3 is 6.18 Å². The maximum Gasteiger partial charge on any atom is 0.393 e. The van der Waals surface area contributed by atoms with Crippen molar-refractivity contribution in [1.82, 2.24) is 4.90 Å². The number of halogens is 3. The van der Waals surface area contributed by atoms with Crippen molar-refractivity contribution in [3.05, 3.63) is 52.2 Å². The van der Waals surface area contributed by atoms with E-state index < -0.39 is 12.1 Å². The van der Waals surface area contributed by atoms with Crippen LogP contribution in [-0.4, -0.2) is 30.1 Å². The van der Waals surface area contributed by atoms with Crippen LogP contribution in [0, 0.1) is 5.92 Å². The van der Waals surface area contributed by atoms with Gasteiger partial charge in [-0.1, -0.05) is 12.1 Å². The zero-order valence-electron chi connectivity index (χ0n) is 13.5. The van der Waals surface area contributed by atoms with Crippen LogP contribution in [0.1, 0.15) is 28.8 Å². The molecule has 1 atom stereocenters. The number of hydrogen-bond donors (Lipinski definition) is 0. The van der Waals surface area contributed by atoms with Gasteiger partial charge in [-0.25, -0.2) is 0 Å². The molecule has 1 aromatic carbocycles. The van der Waals surface area contributed by atoms with Crippen molar-refractivity contribution in [2.75, 3.05) is 13.1 Å². The molecule has 0 unspecified atom stereocenters. The van der Waals surface area contributed by atoms with Crippen molar-refractivity contribution >= 4 is 29.0 Å². The van der Waals surface area contributed by atoms with Crippen LogP contribution in [0.4, 0.5) is 13.2 Å². The van der Waals surface area contributed by atoms with E-state index in [1.807, 2.05) is 23.6 Å². The van der Waals surface area contributed by atoms with E-state index in [-0.39, 0.29) is 18.9 Å². The SMILES string of the molecule is O=C(c1ccccc1SCc1ccsc1)N1CCC[C@@H](C(F)(F)F)C1. The number of amides is 1. The van der Waals surface area contributed by atoms with Gasteiger partial charge in [-0.3, -0.25) is 4.79 Å². The van der Waals surface area contributed by atoms with Crippen molar-refractivity contribution in [3.8, 4) is 0 Å². The molecule has 1 amide bonds. The molecule has 0 N–H and O–H groups in total. The van der Waals surface area contributed by atoms with Crippen LogP contribution in [0.15, 0.2) is 46.0 Å². The third-order valence-corrected chi connectivity index (χ3v) is 6.14. The summed E-state index contributed by atoms with van der Waals surface area (Å²) in [5, 5.41) is 4.05. The van der Waals surface area contributed by atoms with E-state index in [0.29, 0.717) is 18.5 Å². The molecule has 1 aliphatic heterocycles. The first-order chi connectivity index (χ1) is 11.9. The molecule has 3 rings (SSSR count). The summed E-state index contributed by atoms with van der Waals surface area (Å²) in [6.45, 7) is 0.140. The molecule has 0 radical (unpaired) electrons. The van der Waals surface area contributed by atoms with E-state index in [0.717, 1.165) is 10.6 Å². The fraction of sp³-hybridized carbons (Fsp3) is 0.389. The minimum atomic E-state index is -4.24. The largest absolute Gasteiger partial charge is 0.393 e. The Morgan fingerprint density at radius 2 is 2.08 bits per heavy atom. The minimum Gasteiger partial charge on any atom is -0.338 e. The lowest BCUT2D eigenvalue weighted by atomic mass is 9.97. The Labute approximate surface area is 153 Å². The maximum absolute atomic E-state index is 13.0. The Hall–Kier alpha value is -1.47. The Morgan fingerprint density at radius 3 is 2.80 bits per heavy atom. The van der Waals surface area contributed by atoms with Crippen molar-refractivity contribution in [2.24, 2.45) is 5.92 Å². The number of likely N-dealkylation sites (tertiary alicyclic amines) is 1. The summed E-state index contributed by atoms with van der Waals surface area (Å²) < 4.78 is 39.0. The second kappa shape index (κ2) is 7.83. The monoisotopic (exact) mass is 385 g/mol. The normalized spacial score (nSPS) is 18.4. The van der Waals surface area contributed by atoms with Crippen LogP contribution in [0.5, 0.6) is 0 Å². The van der Waals surface area contributed by atoms with E-state index in [1.165, 1.54) is 10.5 Å². The highest BCUT2D eigenvalue weighted by atomic mass is 32.2. The molecule has 134 valence electrons. The first-order valence-corrected chi connectivity index (χ1v) is 9.97. The average molecular weight is 385 g/mol. The van der Waals surface area contributed by atoms with Gasteiger partial charge < -0.3 is 4.90 Å². The van der Waals surface area contributed by atoms with Crippen LogP contribution in [0.25, 0.3) is 0 Å². The van der Waals surface area contributed by atoms with Crippen LogP contribution < -0.4 is 0 Å². The standard InChI is InChI=1S/C18H18F3NOS2/c19-18(20,21)14-4-3-8-22(10-14)17(23)15-5-1-2-6-16(15)25-12-13-7-9-24-11-13/h1-2,5-7,9,11,14H,3-4,8,10,12H2/t14-/m1/s1. The molecule has 7 heteroatoms. The number of benzene rings is 1. The summed E-state index contributed by atoms with van der Waals surface area (Å²) in [5.74, 6) is -0.989. The number of carbonyl (C=O) groups is 1. The molecule has 0 bridgehead atoms. The van der Waals surface area contributed by atoms with Gasteiger partial charge in [0.05, 0.1) is 11.5 Å². The number of rotatable bonds is 4. The molecule has 2 aromatic rings. The molecule has 0 spiro atoms. The van der Waals surface area contributed by atoms with Gasteiger partial charge in [0.2, 0.25) is 0 Å². The van der Waals surface area contributed by atoms with Crippen molar-refractivity contribution < 1.29 is 18.0 Å². The zero-order chi connectivity index (χ0) is 17.9. The summed E-state index contributed by atoms with van der Waals surface area (Å²) in [6.07, 6.45) is -3.76. The predicted molar refractivity (Wildman–Crippen MR) is 95.0 cm³/mol. The highest BCUT2D eigenvalue weighted by Crippen LogP contribution is 2.34. The Bertz CT molecular complexity index is 715. The molecule has 2 heterocycles. The highest BCUT2D eigenvalue weighted by Gasteiger charge is 2.42. The number of piperidine rings is 1. The minimum absolute atomic E-state index is 0.0990. The number of carbonyl (C=O) groups excluding carboxylic acids is 1. The molecule has 25 heavy (non-hydrogen) atoms. The molecule has 2 nitrogen and oxygen atoms in total. The van der Waals surface area contributed by atoms with Crippen molar-refractivity contribution in [2.45, 2.75) is 29.7 Å². The lowest BCUT2D eigenvalue weighted by molar-refractivity contribution is -0.184. The number of nitrogens with zero attached hydrogens (tertiary/aromatic N) is 1. The smallest absolute Gasteiger partial charge is 0.338 e. The Balaban J connectivity index is 1.73. The lowest BCUT2D eigenvalue weighted by Crippen LogP contribution is -2.44. The molecule has 0 saturated carbocycles. The van der Waals surface area contributed by atoms with E-state index in [2.05, 4.69) is 5.38 Å². The average Bonchev–Trinajstić information content (AvgIpc) is 3.12. The molecule has 0 aliphatic carbocycles. The van der Waals surface area contributed by atoms with Gasteiger partial charge in [0.15, 0.2) is 0 Å². The van der Waals surface area contributed by atoms with Gasteiger partial charge in [0.25, 0.3) is 5.91 Å². The molecule has 1 fully saturated rings. The first-order valence-electron chi connectivity index (χ1n) is 8.04. The van der Waals surface area contributed by atoms with Crippen LogP contribution in [0.2, 0.25) is 0 Å². The third-order valence-electron chi connectivity index (χ3n) is 4.26. The van der Waals surface area contributed by atoms with Crippen molar-refractivity contribution in [3.63, 3.8) is 0 Å². The number of thiophene rings is 1. The van der Waals surface area contributed by atoms with E-state index in [9.17, 15) is 18.0 Å². The van der Waals surface area contributed by atoms with Crippen LogP contribution >= 0.6 is 23.1 Å². The fourth-order valence-electron chi connectivity index (χ4n) is 2.90. The number of alkyl halides is 3. The Morgan fingerprint density at radius 1 is 1.28 bits per heavy atom. The first kappa shape index (κ1) is 18.3. The summed E-state index contributed by atoms with van der Waals surface area (Å²) in [5.41, 5.74) is 1.66. The summed E-state index contributed by atoms with van der Waals surface area (Å²) in [6, 6.07) is 9.19. The highest BCUT2D eigenvalue weighted by molar-refractivity contribution is 7.98. The molecular formula is C18H18F3NOS2. The fourth-order valence-corrected chi connectivity index (χ4v) is 4.67. The van der Waals surface area contributed by atoms with Gasteiger partial charge in [0, 0.05) is 23.7 Å². The maximum atomic E-state index is 13.0. The quantitative estimate of drug-likeness (QED) is 0.652. The second-order valence-corrected chi connectivity index (χ2v) is 7.85. The number of thioether (sulfide) groups is 1. The van der Waals surface area contributed by atoms with Crippen LogP contribution in [-0.2, 0) is 5.75 Å². The lowest BCUT2D eigenvalue weighted by Gasteiger charge is -2.34. The molecule has 1 aromatic heterocycles. The third kappa shape index (κ3) is 4.58. The topological polar surface area (TPSA) is 20.3 Å². The van der Waals surface area contributed by atoms with Gasteiger partial charge in [0.1, 0.15) is 0 Å². The van der Waals surface area contributed by atoms with E-state index >= 15 is 0 Å². The van der Waals surface area contributed by atoms with Crippen LogP contribution in [0.3, 0.4) is 0 Å². The summed E-state index contributed by atoms with van der Waals surface area (Å²) in [4.78, 5) is 15.0. The zero-order valence-corrected chi connectivity index (χ0v) is 15.1. The van der Waals surface area contributed by atoms with Crippen molar-refractivity contribution in [1.29, 1.82) is 0 Å². The van der Waals surface area contributed by atoms with E-state index in [4.69, 9.17) is 0 Å². The summed E-state index contributed by atoms with van der Waals surface area (Å²) in [7, 11) is 0. The van der Waals surface area contributed by atoms with Gasteiger partial charge in [-0.15, -0.1) is 11.8 Å². The second-order valence-electron chi connectivity index (χ2n) is 6.05.